The van der Waals surface area contributed by atoms with E-state index in [9.17, 15) is 17.6 Å². The van der Waals surface area contributed by atoms with E-state index in [1.165, 1.54) is 24.3 Å². The van der Waals surface area contributed by atoms with Crippen molar-refractivity contribution in [3.63, 3.8) is 0 Å². The molecule has 0 saturated carbocycles. The first-order chi connectivity index (χ1) is 13.4. The van der Waals surface area contributed by atoms with Crippen LogP contribution >= 0.6 is 0 Å². The number of piperidine rings is 1. The van der Waals surface area contributed by atoms with E-state index in [2.05, 4.69) is 4.98 Å². The highest BCUT2D eigenvalue weighted by molar-refractivity contribution is 5.83. The first kappa shape index (κ1) is 19.0. The van der Waals surface area contributed by atoms with Crippen LogP contribution in [0.3, 0.4) is 0 Å². The molecular weight excluding hydrogens is 368 g/mol. The summed E-state index contributed by atoms with van der Waals surface area (Å²) in [4.78, 5) is 5.09. The number of benzene rings is 2. The maximum Gasteiger partial charge on any atom is 0.253 e. The van der Waals surface area contributed by atoms with Crippen LogP contribution in [0.2, 0.25) is 0 Å². The topological polar surface area (TPSA) is 19.0 Å². The van der Waals surface area contributed by atoms with Crippen LogP contribution in [0.15, 0.2) is 48.7 Å². The van der Waals surface area contributed by atoms with Gasteiger partial charge in [0.1, 0.15) is 11.6 Å². The molecular formula is C22H22F4N2. The molecule has 148 valence electrons. The maximum atomic E-state index is 14.5. The quantitative estimate of drug-likeness (QED) is 0.567. The molecule has 1 atom stereocenters. The van der Waals surface area contributed by atoms with Gasteiger partial charge in [0.05, 0.1) is 0 Å². The Balaban J connectivity index is 1.43. The highest BCUT2D eigenvalue weighted by Crippen LogP contribution is 2.37. The molecule has 1 saturated heterocycles. The Bertz CT molecular complexity index is 949. The highest BCUT2D eigenvalue weighted by Gasteiger charge is 2.43. The van der Waals surface area contributed by atoms with Gasteiger partial charge in [-0.3, -0.25) is 4.90 Å². The van der Waals surface area contributed by atoms with E-state index < -0.39 is 11.8 Å². The lowest BCUT2D eigenvalue weighted by molar-refractivity contribution is -0.109. The van der Waals surface area contributed by atoms with Gasteiger partial charge in [0.2, 0.25) is 0 Å². The SMILES string of the molecule is Fc1ccc(CCC2CN(Cc3c[nH]c4cc(F)ccc34)CCC2(F)F)cc1. The molecule has 0 aliphatic carbocycles. The zero-order valence-electron chi connectivity index (χ0n) is 15.4. The molecule has 0 radical (unpaired) electrons. The molecule has 1 N–H and O–H groups in total. The van der Waals surface area contributed by atoms with Crippen molar-refractivity contribution in [2.75, 3.05) is 13.1 Å². The lowest BCUT2D eigenvalue weighted by Gasteiger charge is -2.38. The van der Waals surface area contributed by atoms with E-state index in [-0.39, 0.29) is 18.1 Å². The van der Waals surface area contributed by atoms with E-state index >= 15 is 0 Å². The largest absolute Gasteiger partial charge is 0.361 e. The summed E-state index contributed by atoms with van der Waals surface area (Å²) in [6, 6.07) is 10.6. The second-order valence-electron chi connectivity index (χ2n) is 7.61. The van der Waals surface area contributed by atoms with Gasteiger partial charge in [-0.1, -0.05) is 12.1 Å². The summed E-state index contributed by atoms with van der Waals surface area (Å²) < 4.78 is 55.3. The molecule has 3 aromatic rings. The molecule has 2 aromatic carbocycles. The minimum atomic E-state index is -2.69. The Hall–Kier alpha value is -2.34. The number of alkyl halides is 2. The van der Waals surface area contributed by atoms with Gasteiger partial charge < -0.3 is 4.98 Å². The second kappa shape index (κ2) is 7.59. The van der Waals surface area contributed by atoms with Crippen LogP contribution in [-0.2, 0) is 13.0 Å². The van der Waals surface area contributed by atoms with Gasteiger partial charge in [0.15, 0.2) is 0 Å². The summed E-state index contributed by atoms with van der Waals surface area (Å²) in [5, 5.41) is 0.918. The van der Waals surface area contributed by atoms with E-state index in [1.807, 2.05) is 11.1 Å². The summed E-state index contributed by atoms with van der Waals surface area (Å²) in [5.41, 5.74) is 2.57. The fourth-order valence-corrected chi connectivity index (χ4v) is 4.02. The van der Waals surface area contributed by atoms with Crippen molar-refractivity contribution in [1.82, 2.24) is 9.88 Å². The minimum Gasteiger partial charge on any atom is -0.361 e. The fourth-order valence-electron chi connectivity index (χ4n) is 4.02. The zero-order valence-corrected chi connectivity index (χ0v) is 15.4. The molecule has 0 amide bonds. The molecule has 2 heterocycles. The molecule has 4 rings (SSSR count). The predicted molar refractivity (Wildman–Crippen MR) is 101 cm³/mol. The molecule has 1 aliphatic rings. The molecule has 6 heteroatoms. The van der Waals surface area contributed by atoms with Crippen LogP contribution in [-0.4, -0.2) is 28.9 Å². The lowest BCUT2D eigenvalue weighted by Crippen LogP contribution is -2.46. The van der Waals surface area contributed by atoms with E-state index in [1.54, 1.807) is 18.2 Å². The normalized spacial score (nSPS) is 19.9. The van der Waals surface area contributed by atoms with Gasteiger partial charge in [-0.05, 0) is 54.3 Å². The van der Waals surface area contributed by atoms with Gasteiger partial charge >= 0.3 is 0 Å². The van der Waals surface area contributed by atoms with Crippen molar-refractivity contribution in [3.8, 4) is 0 Å². The Labute approximate surface area is 161 Å². The zero-order chi connectivity index (χ0) is 19.7. The number of halogens is 4. The molecule has 2 nitrogen and oxygen atoms in total. The van der Waals surface area contributed by atoms with Gasteiger partial charge in [-0.2, -0.15) is 0 Å². The van der Waals surface area contributed by atoms with Gasteiger partial charge in [-0.25, -0.2) is 17.6 Å². The van der Waals surface area contributed by atoms with Gasteiger partial charge in [0, 0.05) is 49.1 Å². The second-order valence-corrected chi connectivity index (χ2v) is 7.61. The Kier molecular flexibility index (Phi) is 5.15. The fraction of sp³-hybridized carbons (Fsp3) is 0.364. The number of hydrogen-bond acceptors (Lipinski definition) is 1. The van der Waals surface area contributed by atoms with E-state index in [4.69, 9.17) is 0 Å². The number of nitrogens with zero attached hydrogens (tertiary/aromatic N) is 1. The Morgan fingerprint density at radius 1 is 1.04 bits per heavy atom. The van der Waals surface area contributed by atoms with Crippen molar-refractivity contribution in [2.45, 2.75) is 31.7 Å². The minimum absolute atomic E-state index is 0.169. The predicted octanol–water partition coefficient (Wildman–Crippen LogP) is 5.54. The van der Waals surface area contributed by atoms with Crippen molar-refractivity contribution in [1.29, 1.82) is 0 Å². The molecule has 1 fully saturated rings. The highest BCUT2D eigenvalue weighted by atomic mass is 19.3. The van der Waals surface area contributed by atoms with Crippen molar-refractivity contribution < 1.29 is 17.6 Å². The van der Waals surface area contributed by atoms with Crippen molar-refractivity contribution in [3.05, 3.63) is 71.4 Å². The van der Waals surface area contributed by atoms with E-state index in [0.717, 1.165) is 16.5 Å². The van der Waals surface area contributed by atoms with Crippen LogP contribution < -0.4 is 0 Å². The summed E-state index contributed by atoms with van der Waals surface area (Å²) in [6.07, 6.45) is 2.51. The van der Waals surface area contributed by atoms with E-state index in [0.29, 0.717) is 38.0 Å². The lowest BCUT2D eigenvalue weighted by atomic mass is 9.88. The van der Waals surface area contributed by atoms with Gasteiger partial charge in [-0.15, -0.1) is 0 Å². The van der Waals surface area contributed by atoms with Crippen molar-refractivity contribution in [2.24, 2.45) is 5.92 Å². The third-order valence-corrected chi connectivity index (χ3v) is 5.66. The number of H-pyrrole nitrogens is 1. The smallest absolute Gasteiger partial charge is 0.253 e. The van der Waals surface area contributed by atoms with Crippen LogP contribution in [0.25, 0.3) is 10.9 Å². The molecule has 28 heavy (non-hydrogen) atoms. The average molecular weight is 390 g/mol. The standard InChI is InChI=1S/C22H22F4N2/c23-18-5-2-15(3-6-18)1-4-17-14-28(10-9-22(17,25)26)13-16-12-27-21-11-19(24)7-8-20(16)21/h2-3,5-8,11-12,17,27H,1,4,9-10,13-14H2. The molecule has 1 aromatic heterocycles. The molecule has 1 unspecified atom stereocenters. The van der Waals surface area contributed by atoms with Crippen LogP contribution in [0, 0.1) is 17.6 Å². The number of aryl methyl sites for hydroxylation is 1. The number of aromatic amines is 1. The van der Waals surface area contributed by atoms with Crippen LogP contribution in [0.4, 0.5) is 17.6 Å². The van der Waals surface area contributed by atoms with Gasteiger partial charge in [0.25, 0.3) is 5.92 Å². The van der Waals surface area contributed by atoms with Crippen molar-refractivity contribution >= 4 is 10.9 Å². The molecule has 0 spiro atoms. The first-order valence-corrected chi connectivity index (χ1v) is 9.51. The number of rotatable bonds is 5. The number of likely N-dealkylation sites (tertiary alicyclic amines) is 1. The summed E-state index contributed by atoms with van der Waals surface area (Å²) in [7, 11) is 0. The third kappa shape index (κ3) is 4.07. The monoisotopic (exact) mass is 390 g/mol. The average Bonchev–Trinajstić information content (AvgIpc) is 3.05. The molecule has 1 aliphatic heterocycles. The number of aromatic nitrogens is 1. The van der Waals surface area contributed by atoms with Crippen LogP contribution in [0.5, 0.6) is 0 Å². The maximum absolute atomic E-state index is 14.5. The van der Waals surface area contributed by atoms with Crippen LogP contribution in [0.1, 0.15) is 24.0 Å². The number of nitrogens with one attached hydrogen (secondary N) is 1. The third-order valence-electron chi connectivity index (χ3n) is 5.66. The Morgan fingerprint density at radius 2 is 1.79 bits per heavy atom. The molecule has 0 bridgehead atoms. The summed E-state index contributed by atoms with van der Waals surface area (Å²) in [5.74, 6) is -4.07. The first-order valence-electron chi connectivity index (χ1n) is 9.51. The summed E-state index contributed by atoms with van der Waals surface area (Å²) >= 11 is 0. The Morgan fingerprint density at radius 3 is 2.57 bits per heavy atom. The number of hydrogen-bond donors (Lipinski definition) is 1. The summed E-state index contributed by atoms with van der Waals surface area (Å²) in [6.45, 7) is 1.19. The number of fused-ring (bicyclic) bond motifs is 1.